The maximum Gasteiger partial charge on any atom is 0.245 e. The van der Waals surface area contributed by atoms with Gasteiger partial charge in [-0.2, -0.15) is 4.72 Å². The number of halogens is 2. The molecule has 10 heteroatoms. The number of nitrogens with one attached hydrogen (secondary N) is 2. The number of carbonyl (C=O) groups excluding carboxylic acids is 1. The lowest BCUT2D eigenvalue weighted by atomic mass is 10.0. The van der Waals surface area contributed by atoms with Crippen molar-refractivity contribution >= 4 is 63.0 Å². The van der Waals surface area contributed by atoms with Crippen LogP contribution in [0.5, 0.6) is 0 Å². The van der Waals surface area contributed by atoms with E-state index in [0.717, 1.165) is 41.9 Å². The summed E-state index contributed by atoms with van der Waals surface area (Å²) < 4.78 is 27.9. The Hall–Kier alpha value is -1.42. The fraction of sp³-hybridized carbons (Fsp3) is 0.350. The highest BCUT2D eigenvalue weighted by Gasteiger charge is 2.35. The van der Waals surface area contributed by atoms with Gasteiger partial charge in [0.2, 0.25) is 15.9 Å². The van der Waals surface area contributed by atoms with Crippen molar-refractivity contribution < 1.29 is 13.2 Å². The molecule has 1 aromatic heterocycles. The van der Waals surface area contributed by atoms with Crippen LogP contribution in [-0.4, -0.2) is 33.5 Å². The van der Waals surface area contributed by atoms with E-state index in [1.54, 1.807) is 17.0 Å². The fourth-order valence-corrected chi connectivity index (χ4v) is 5.74. The number of sulfonamides is 1. The van der Waals surface area contributed by atoms with E-state index in [0.29, 0.717) is 17.3 Å². The van der Waals surface area contributed by atoms with E-state index < -0.39 is 16.1 Å². The third-order valence-electron chi connectivity index (χ3n) is 5.13. The molecule has 0 saturated carbocycles. The zero-order valence-corrected chi connectivity index (χ0v) is 19.3. The minimum absolute atomic E-state index is 0. The highest BCUT2D eigenvalue weighted by atomic mass is 35.5. The number of rotatable bonds is 5. The third-order valence-corrected chi connectivity index (χ3v) is 7.44. The molecule has 3 heterocycles. The number of fused-ring (bicyclic) bond motifs is 1. The second-order valence-corrected chi connectivity index (χ2v) is 10.5. The first kappa shape index (κ1) is 23.2. The van der Waals surface area contributed by atoms with Crippen molar-refractivity contribution in [2.24, 2.45) is 0 Å². The molecular weight excluding hydrogens is 465 g/mol. The Kier molecular flexibility index (Phi) is 7.60. The number of aryl methyl sites for hydroxylation is 1. The molecule has 1 fully saturated rings. The van der Waals surface area contributed by atoms with Crippen LogP contribution in [-0.2, 0) is 27.8 Å². The summed E-state index contributed by atoms with van der Waals surface area (Å²) in [6.45, 7) is 2.27. The van der Waals surface area contributed by atoms with Gasteiger partial charge in [-0.15, -0.1) is 23.7 Å². The number of amides is 1. The van der Waals surface area contributed by atoms with Crippen LogP contribution in [0.2, 0.25) is 4.34 Å². The molecule has 2 aromatic rings. The maximum absolute atomic E-state index is 12.8. The topological polar surface area (TPSA) is 78.5 Å². The van der Waals surface area contributed by atoms with Crippen molar-refractivity contribution in [1.82, 2.24) is 10.0 Å². The van der Waals surface area contributed by atoms with Crippen molar-refractivity contribution in [1.29, 1.82) is 0 Å². The average molecular weight is 488 g/mol. The monoisotopic (exact) mass is 487 g/mol. The smallest absolute Gasteiger partial charge is 0.245 e. The zero-order chi connectivity index (χ0) is 20.4. The number of anilines is 1. The first-order valence-electron chi connectivity index (χ1n) is 9.51. The van der Waals surface area contributed by atoms with E-state index in [1.165, 1.54) is 28.5 Å². The quantitative estimate of drug-likeness (QED) is 0.675. The first-order chi connectivity index (χ1) is 13.9. The number of nitrogens with zero attached hydrogens (tertiary/aromatic N) is 1. The molecule has 0 unspecified atom stereocenters. The van der Waals surface area contributed by atoms with Gasteiger partial charge in [-0.25, -0.2) is 8.42 Å². The Balaban J connectivity index is 0.00000256. The maximum atomic E-state index is 12.8. The summed E-state index contributed by atoms with van der Waals surface area (Å²) in [5.41, 5.74) is 3.33. The van der Waals surface area contributed by atoms with Crippen LogP contribution in [0.4, 0.5) is 5.69 Å². The molecule has 0 aliphatic carbocycles. The summed E-state index contributed by atoms with van der Waals surface area (Å²) in [5, 5.41) is 4.47. The summed E-state index contributed by atoms with van der Waals surface area (Å²) in [7, 11) is -3.74. The summed E-state index contributed by atoms with van der Waals surface area (Å²) in [4.78, 5) is 15.2. The van der Waals surface area contributed by atoms with E-state index in [2.05, 4.69) is 16.1 Å². The predicted molar refractivity (Wildman–Crippen MR) is 125 cm³/mol. The van der Waals surface area contributed by atoms with Crippen molar-refractivity contribution in [3.05, 3.63) is 56.1 Å². The van der Waals surface area contributed by atoms with Gasteiger partial charge in [-0.05, 0) is 67.3 Å². The predicted octanol–water partition coefficient (Wildman–Crippen LogP) is 3.55. The molecule has 6 nitrogen and oxygen atoms in total. The summed E-state index contributed by atoms with van der Waals surface area (Å²) in [6.07, 6.45) is 4.05. The van der Waals surface area contributed by atoms with Crippen LogP contribution in [0.1, 0.15) is 28.8 Å². The van der Waals surface area contributed by atoms with E-state index in [4.69, 9.17) is 11.6 Å². The van der Waals surface area contributed by atoms with Crippen molar-refractivity contribution in [3.63, 3.8) is 0 Å². The lowest BCUT2D eigenvalue weighted by Gasteiger charge is -2.19. The molecule has 0 radical (unpaired) electrons. The molecular formula is C20H23Cl2N3O3S2. The van der Waals surface area contributed by atoms with Gasteiger partial charge in [-0.3, -0.25) is 4.79 Å². The fourth-order valence-electron chi connectivity index (χ4n) is 3.67. The summed E-state index contributed by atoms with van der Waals surface area (Å²) >= 11 is 7.15. The Morgan fingerprint density at radius 3 is 2.83 bits per heavy atom. The molecule has 1 saturated heterocycles. The van der Waals surface area contributed by atoms with Crippen molar-refractivity contribution in [2.75, 3.05) is 18.0 Å². The molecule has 2 aliphatic rings. The molecule has 0 bridgehead atoms. The second kappa shape index (κ2) is 9.80. The minimum atomic E-state index is -3.74. The third kappa shape index (κ3) is 5.43. The Morgan fingerprint density at radius 1 is 1.23 bits per heavy atom. The molecule has 2 aliphatic heterocycles. The highest BCUT2D eigenvalue weighted by molar-refractivity contribution is 7.92. The van der Waals surface area contributed by atoms with Crippen LogP contribution < -0.4 is 14.9 Å². The number of carbonyl (C=O) groups is 1. The largest absolute Gasteiger partial charge is 0.313 e. The van der Waals surface area contributed by atoms with E-state index in [1.807, 2.05) is 12.1 Å². The highest BCUT2D eigenvalue weighted by Crippen LogP contribution is 2.27. The number of benzene rings is 1. The minimum Gasteiger partial charge on any atom is -0.313 e. The van der Waals surface area contributed by atoms with Crippen molar-refractivity contribution in [2.45, 2.75) is 31.8 Å². The van der Waals surface area contributed by atoms with Gasteiger partial charge in [0.05, 0.1) is 4.34 Å². The SMILES string of the molecule is Cl.O=C1[C@@H](NS(=O)(=O)C=Cc2ccc(Cl)s2)CCN1c1ccc2c(c1)CNCCC2. The molecule has 4 rings (SSSR count). The number of hydrogen-bond donors (Lipinski definition) is 2. The van der Waals surface area contributed by atoms with E-state index >= 15 is 0 Å². The molecule has 30 heavy (non-hydrogen) atoms. The standard InChI is InChI=1S/C20H22ClN3O3S2.ClH/c21-19-6-5-17(28-19)8-11-29(26,27)23-18-7-10-24(20(18)25)16-4-3-14-2-1-9-22-13-15(14)12-16;/h3-6,8,11-12,18,22-23H,1-2,7,9-10,13H2;1H/t18-;/m0./s1. The van der Waals surface area contributed by atoms with Crippen LogP contribution in [0, 0.1) is 0 Å². The first-order valence-corrected chi connectivity index (χ1v) is 12.2. The summed E-state index contributed by atoms with van der Waals surface area (Å²) in [6, 6.07) is 8.78. The second-order valence-electron chi connectivity index (χ2n) is 7.17. The van der Waals surface area contributed by atoms with Crippen LogP contribution in [0.25, 0.3) is 6.08 Å². The van der Waals surface area contributed by atoms with Crippen LogP contribution in [0.3, 0.4) is 0 Å². The van der Waals surface area contributed by atoms with Gasteiger partial charge in [0.15, 0.2) is 0 Å². The van der Waals surface area contributed by atoms with Crippen LogP contribution >= 0.6 is 35.3 Å². The van der Waals surface area contributed by atoms with E-state index in [-0.39, 0.29) is 18.3 Å². The van der Waals surface area contributed by atoms with Gasteiger partial charge in [-0.1, -0.05) is 17.7 Å². The molecule has 1 amide bonds. The van der Waals surface area contributed by atoms with Crippen LogP contribution in [0.15, 0.2) is 35.7 Å². The van der Waals surface area contributed by atoms with Gasteiger partial charge in [0.1, 0.15) is 6.04 Å². The van der Waals surface area contributed by atoms with Gasteiger partial charge in [0.25, 0.3) is 0 Å². The molecule has 1 aromatic carbocycles. The Bertz CT molecular complexity index is 1050. The lowest BCUT2D eigenvalue weighted by molar-refractivity contribution is -0.118. The number of thiophene rings is 1. The molecule has 162 valence electrons. The number of hydrogen-bond acceptors (Lipinski definition) is 5. The molecule has 1 atom stereocenters. The van der Waals surface area contributed by atoms with Crippen molar-refractivity contribution in [3.8, 4) is 0 Å². The van der Waals surface area contributed by atoms with E-state index in [9.17, 15) is 13.2 Å². The van der Waals surface area contributed by atoms with Gasteiger partial charge in [0, 0.05) is 29.1 Å². The summed E-state index contributed by atoms with van der Waals surface area (Å²) in [5.74, 6) is -0.220. The zero-order valence-electron chi connectivity index (χ0n) is 16.1. The molecule has 0 spiro atoms. The average Bonchev–Trinajstić information content (AvgIpc) is 3.17. The Labute approximate surface area is 191 Å². The van der Waals surface area contributed by atoms with Gasteiger partial charge >= 0.3 is 0 Å². The van der Waals surface area contributed by atoms with Gasteiger partial charge < -0.3 is 10.2 Å². The molecule has 2 N–H and O–H groups in total. The Morgan fingerprint density at radius 2 is 2.07 bits per heavy atom. The normalized spacial score (nSPS) is 19.6. The lowest BCUT2D eigenvalue weighted by Crippen LogP contribution is -2.40.